The number of hydrazine groups is 1. The summed E-state index contributed by atoms with van der Waals surface area (Å²) in [5, 5.41) is 8.26. The zero-order valence-corrected chi connectivity index (χ0v) is 24.8. The van der Waals surface area contributed by atoms with Crippen molar-refractivity contribution in [3.8, 4) is 11.4 Å². The number of benzene rings is 1. The monoisotopic (exact) mass is 624 g/mol. The Morgan fingerprint density at radius 3 is 2.91 bits per heavy atom. The molecule has 13 nitrogen and oxygen atoms in total. The number of H-pyrrole nitrogens is 1. The Morgan fingerprint density at radius 2 is 2.16 bits per heavy atom. The van der Waals surface area contributed by atoms with Crippen molar-refractivity contribution >= 4 is 58.5 Å². The van der Waals surface area contributed by atoms with E-state index in [2.05, 4.69) is 31.9 Å². The first-order valence-electron chi connectivity index (χ1n) is 13.3. The third-order valence-corrected chi connectivity index (χ3v) is 7.29. The van der Waals surface area contributed by atoms with Gasteiger partial charge in [0.25, 0.3) is 0 Å². The largest absolute Gasteiger partial charge is 0.449 e. The molecular formula is C28H30Cl2N10O3. The number of carbonyl (C=O) groups is 1. The van der Waals surface area contributed by atoms with Crippen LogP contribution in [0.1, 0.15) is 36.7 Å². The lowest BCUT2D eigenvalue weighted by Crippen LogP contribution is -2.31. The Labute approximate surface area is 257 Å². The molecule has 1 fully saturated rings. The number of allylic oxidation sites excluding steroid dienone is 1. The van der Waals surface area contributed by atoms with Crippen molar-refractivity contribution in [2.24, 2.45) is 21.8 Å². The summed E-state index contributed by atoms with van der Waals surface area (Å²) in [6.45, 7) is 5.06. The van der Waals surface area contributed by atoms with Crippen LogP contribution in [-0.2, 0) is 9.47 Å². The molecule has 2 aromatic heterocycles. The predicted molar refractivity (Wildman–Crippen MR) is 167 cm³/mol. The van der Waals surface area contributed by atoms with Crippen LogP contribution in [0.15, 0.2) is 65.0 Å². The summed E-state index contributed by atoms with van der Waals surface area (Å²) < 4.78 is 10.1. The van der Waals surface area contributed by atoms with Gasteiger partial charge >= 0.3 is 6.09 Å². The van der Waals surface area contributed by atoms with Gasteiger partial charge in [-0.25, -0.2) is 20.6 Å². The number of nitrogens with two attached hydrogens (primary N) is 2. The molecule has 1 atom stereocenters. The number of nitrogens with zero attached hydrogens (tertiary/aromatic N) is 6. The second-order valence-electron chi connectivity index (χ2n) is 9.63. The van der Waals surface area contributed by atoms with Gasteiger partial charge in [-0.05, 0) is 42.8 Å². The van der Waals surface area contributed by atoms with Gasteiger partial charge in [-0.1, -0.05) is 29.8 Å². The summed E-state index contributed by atoms with van der Waals surface area (Å²) in [7, 11) is 1.59. The number of anilines is 2. The average molecular weight is 626 g/mol. The number of aromatic nitrogens is 3. The number of halogens is 2. The molecule has 5 rings (SSSR count). The molecular weight excluding hydrogens is 595 g/mol. The maximum atomic E-state index is 12.0. The van der Waals surface area contributed by atoms with E-state index in [1.165, 1.54) is 17.5 Å². The molecule has 1 saturated heterocycles. The standard InChI is InChI=1S/C28H30Cl2N10O3/c1-16-12-21(19-13-17(29)4-7-22(19)39(32)15-34-31)36-24-9-8-23(40(16)24)27-37-25(26(30)38-27)20-6-5-18(14-33-20)35-28(41)43-11-3-10-42-2/h4-7,12-15,23H,1,3,8-11,31-32H2,2H3,(H,35,41)(H,37,38)/b34-15-. The Hall–Kier alpha value is -4.43. The van der Waals surface area contributed by atoms with Gasteiger partial charge in [0.05, 0.1) is 41.6 Å². The molecule has 15 heteroatoms. The number of nitrogens with one attached hydrogen (secondary N) is 2. The van der Waals surface area contributed by atoms with Crippen molar-refractivity contribution in [3.63, 3.8) is 0 Å². The van der Waals surface area contributed by atoms with E-state index >= 15 is 0 Å². The number of pyridine rings is 1. The van der Waals surface area contributed by atoms with Crippen LogP contribution in [0.5, 0.6) is 0 Å². The summed E-state index contributed by atoms with van der Waals surface area (Å²) in [4.78, 5) is 31.3. The number of amidine groups is 1. The fourth-order valence-electron chi connectivity index (χ4n) is 4.87. The number of hydrogen-bond donors (Lipinski definition) is 4. The number of hydrogen-bond acceptors (Lipinski definition) is 10. The number of methoxy groups -OCH3 is 1. The molecule has 43 heavy (non-hydrogen) atoms. The Morgan fingerprint density at radius 1 is 1.33 bits per heavy atom. The van der Waals surface area contributed by atoms with Gasteiger partial charge < -0.3 is 25.2 Å². The van der Waals surface area contributed by atoms with Crippen LogP contribution in [0.3, 0.4) is 0 Å². The van der Waals surface area contributed by atoms with Crippen LogP contribution in [0.2, 0.25) is 10.2 Å². The molecule has 3 aromatic rings. The predicted octanol–water partition coefficient (Wildman–Crippen LogP) is 5.05. The number of imidazole rings is 1. The van der Waals surface area contributed by atoms with Gasteiger partial charge in [0.2, 0.25) is 0 Å². The fraction of sp³-hybridized carbons (Fsp3) is 0.250. The molecule has 0 radical (unpaired) electrons. The summed E-state index contributed by atoms with van der Waals surface area (Å²) in [6, 6.07) is 8.55. The van der Waals surface area contributed by atoms with Crippen molar-refractivity contribution < 1.29 is 14.3 Å². The van der Waals surface area contributed by atoms with Gasteiger partial charge in [-0.15, -0.1) is 0 Å². The fourth-order valence-corrected chi connectivity index (χ4v) is 5.28. The molecule has 224 valence electrons. The van der Waals surface area contributed by atoms with Crippen LogP contribution >= 0.6 is 23.2 Å². The smallest absolute Gasteiger partial charge is 0.411 e. The molecule has 1 amide bonds. The van der Waals surface area contributed by atoms with Crippen LogP contribution < -0.4 is 22.0 Å². The Kier molecular flexibility index (Phi) is 9.26. The summed E-state index contributed by atoms with van der Waals surface area (Å²) in [6.07, 6.45) is 6.14. The van der Waals surface area contributed by atoms with Crippen molar-refractivity contribution in [3.05, 3.63) is 76.4 Å². The maximum Gasteiger partial charge on any atom is 0.411 e. The molecule has 0 spiro atoms. The first-order chi connectivity index (χ1) is 20.8. The van der Waals surface area contributed by atoms with E-state index in [4.69, 9.17) is 49.4 Å². The molecule has 1 aromatic carbocycles. The summed E-state index contributed by atoms with van der Waals surface area (Å²) >= 11 is 12.9. The topological polar surface area (TPSA) is 172 Å². The zero-order chi connectivity index (χ0) is 30.5. The van der Waals surface area contributed by atoms with E-state index in [-0.39, 0.29) is 17.8 Å². The van der Waals surface area contributed by atoms with Crippen molar-refractivity contribution in [2.75, 3.05) is 30.6 Å². The number of hydrazone groups is 1. The quantitative estimate of drug-likeness (QED) is 0.0791. The highest BCUT2D eigenvalue weighted by Gasteiger charge is 2.37. The molecule has 0 bridgehead atoms. The second kappa shape index (κ2) is 13.3. The van der Waals surface area contributed by atoms with Crippen molar-refractivity contribution in [1.82, 2.24) is 19.9 Å². The van der Waals surface area contributed by atoms with Gasteiger partial charge in [0, 0.05) is 42.8 Å². The van der Waals surface area contributed by atoms with E-state index in [1.807, 2.05) is 11.0 Å². The molecule has 6 N–H and O–H groups in total. The minimum absolute atomic E-state index is 0.168. The van der Waals surface area contributed by atoms with E-state index in [1.54, 1.807) is 37.4 Å². The number of fused-ring (bicyclic) bond motifs is 1. The van der Waals surface area contributed by atoms with E-state index in [0.717, 1.165) is 18.0 Å². The SMILES string of the molecule is C=C1C=C(c2cc(Cl)ccc2N(N)/C=N\N)N=C2CCC(c3nc(Cl)c(-c4ccc(NC(=O)OCCCOC)cn4)[nH]3)N12. The van der Waals surface area contributed by atoms with Gasteiger partial charge in [-0.2, -0.15) is 5.10 Å². The number of ether oxygens (including phenoxy) is 2. The number of rotatable bonds is 10. The van der Waals surface area contributed by atoms with Crippen LogP contribution in [0.4, 0.5) is 16.2 Å². The van der Waals surface area contributed by atoms with Crippen LogP contribution in [0.25, 0.3) is 17.1 Å². The second-order valence-corrected chi connectivity index (χ2v) is 10.4. The zero-order valence-electron chi connectivity index (χ0n) is 23.3. The highest BCUT2D eigenvalue weighted by molar-refractivity contribution is 6.32. The third kappa shape index (κ3) is 6.65. The normalized spacial score (nSPS) is 16.2. The third-order valence-electron chi connectivity index (χ3n) is 6.78. The van der Waals surface area contributed by atoms with E-state index in [9.17, 15) is 4.79 Å². The van der Waals surface area contributed by atoms with Crippen molar-refractivity contribution in [1.29, 1.82) is 0 Å². The number of aliphatic imine (C=N–C) groups is 1. The molecule has 2 aliphatic rings. The van der Waals surface area contributed by atoms with Gasteiger partial charge in [-0.3, -0.25) is 15.3 Å². The lowest BCUT2D eigenvalue weighted by atomic mass is 10.1. The van der Waals surface area contributed by atoms with Crippen LogP contribution in [-0.4, -0.2) is 58.4 Å². The average Bonchev–Trinajstić information content (AvgIpc) is 3.59. The Balaban J connectivity index is 1.31. The number of carbonyl (C=O) groups excluding carboxylic acids is 1. The van der Waals surface area contributed by atoms with Crippen molar-refractivity contribution in [2.45, 2.75) is 25.3 Å². The van der Waals surface area contributed by atoms with Crippen LogP contribution in [0, 0.1) is 0 Å². The Bertz CT molecular complexity index is 1600. The van der Waals surface area contributed by atoms with E-state index in [0.29, 0.717) is 64.3 Å². The number of aromatic amines is 1. The number of amides is 1. The minimum atomic E-state index is -0.568. The molecule has 2 aliphatic heterocycles. The first-order valence-corrected chi connectivity index (χ1v) is 14.0. The maximum absolute atomic E-state index is 12.0. The summed E-state index contributed by atoms with van der Waals surface area (Å²) in [5.41, 5.74) is 4.32. The lowest BCUT2D eigenvalue weighted by Gasteiger charge is -2.30. The molecule has 0 aliphatic carbocycles. The molecule has 0 saturated carbocycles. The highest BCUT2D eigenvalue weighted by atomic mass is 35.5. The van der Waals surface area contributed by atoms with Gasteiger partial charge in [0.1, 0.15) is 23.7 Å². The first kappa shape index (κ1) is 30.0. The van der Waals surface area contributed by atoms with Gasteiger partial charge in [0.15, 0.2) is 5.15 Å². The van der Waals surface area contributed by atoms with E-state index < -0.39 is 6.09 Å². The highest BCUT2D eigenvalue weighted by Crippen LogP contribution is 2.42. The molecule has 4 heterocycles. The lowest BCUT2D eigenvalue weighted by molar-refractivity contribution is 0.134. The molecule has 1 unspecified atom stereocenters. The minimum Gasteiger partial charge on any atom is -0.449 e. The summed E-state index contributed by atoms with van der Waals surface area (Å²) in [5.74, 6) is 12.9.